The second-order valence-corrected chi connectivity index (χ2v) is 5.61. The van der Waals surface area contributed by atoms with Crippen LogP contribution in [0, 0.1) is 0 Å². The van der Waals surface area contributed by atoms with E-state index in [-0.39, 0.29) is 12.3 Å². The van der Waals surface area contributed by atoms with Gasteiger partial charge in [0.1, 0.15) is 30.0 Å². The molecule has 11 heteroatoms. The van der Waals surface area contributed by atoms with Crippen molar-refractivity contribution in [1.29, 1.82) is 0 Å². The van der Waals surface area contributed by atoms with Crippen molar-refractivity contribution in [2.24, 2.45) is 0 Å². The molecule has 2 aromatic heterocycles. The van der Waals surface area contributed by atoms with Crippen molar-refractivity contribution in [3.8, 4) is 5.75 Å². The number of aromatic nitrogens is 6. The molecule has 2 unspecified atom stereocenters. The monoisotopic (exact) mass is 368 g/mol. The summed E-state index contributed by atoms with van der Waals surface area (Å²) in [6, 6.07) is 4.35. The number of hydrogen-bond acceptors (Lipinski definition) is 6. The van der Waals surface area contributed by atoms with E-state index in [9.17, 15) is 18.3 Å². The zero-order valence-corrected chi connectivity index (χ0v) is 13.6. The fourth-order valence-corrected chi connectivity index (χ4v) is 2.59. The number of rotatable bonds is 6. The van der Waals surface area contributed by atoms with Gasteiger partial charge in [-0.25, -0.2) is 9.67 Å². The number of halogens is 3. The first-order chi connectivity index (χ1) is 12.3. The lowest BCUT2D eigenvalue weighted by Gasteiger charge is -2.33. The van der Waals surface area contributed by atoms with E-state index in [1.807, 2.05) is 0 Å². The summed E-state index contributed by atoms with van der Waals surface area (Å²) in [5.74, 6) is -0.380. The molecule has 0 fully saturated rings. The summed E-state index contributed by atoms with van der Waals surface area (Å²) in [4.78, 5) is 5.15. The average molecular weight is 368 g/mol. The summed E-state index contributed by atoms with van der Waals surface area (Å²) < 4.78 is 42.3. The summed E-state index contributed by atoms with van der Waals surface area (Å²) >= 11 is 0. The SMILES string of the molecule is CC(n1nccn1)C(O)(Cn1cncn1)c1ccc(OC(F)(F)F)cc1. The van der Waals surface area contributed by atoms with Gasteiger partial charge >= 0.3 is 6.36 Å². The zero-order valence-electron chi connectivity index (χ0n) is 13.6. The topological polar surface area (TPSA) is 90.9 Å². The van der Waals surface area contributed by atoms with Gasteiger partial charge in [-0.3, -0.25) is 0 Å². The van der Waals surface area contributed by atoms with E-state index in [1.165, 1.54) is 46.7 Å². The fraction of sp³-hybridized carbons (Fsp3) is 0.333. The van der Waals surface area contributed by atoms with Crippen molar-refractivity contribution in [2.45, 2.75) is 31.5 Å². The van der Waals surface area contributed by atoms with Crippen LogP contribution >= 0.6 is 0 Å². The van der Waals surface area contributed by atoms with Gasteiger partial charge in [-0.1, -0.05) is 12.1 Å². The van der Waals surface area contributed by atoms with Crippen molar-refractivity contribution < 1.29 is 23.0 Å². The molecule has 138 valence electrons. The Morgan fingerprint density at radius 3 is 2.31 bits per heavy atom. The van der Waals surface area contributed by atoms with Crippen LogP contribution in [0.15, 0.2) is 49.3 Å². The molecule has 0 bridgehead atoms. The highest BCUT2D eigenvalue weighted by atomic mass is 19.4. The van der Waals surface area contributed by atoms with E-state index in [4.69, 9.17) is 0 Å². The van der Waals surface area contributed by atoms with Crippen LogP contribution in [-0.4, -0.2) is 41.2 Å². The van der Waals surface area contributed by atoms with Gasteiger partial charge < -0.3 is 9.84 Å². The van der Waals surface area contributed by atoms with Crippen LogP contribution in [0.4, 0.5) is 13.2 Å². The highest BCUT2D eigenvalue weighted by molar-refractivity contribution is 5.31. The van der Waals surface area contributed by atoms with Crippen molar-refractivity contribution >= 4 is 0 Å². The molecule has 3 rings (SSSR count). The molecule has 0 aliphatic carbocycles. The molecule has 0 spiro atoms. The first-order valence-corrected chi connectivity index (χ1v) is 7.55. The van der Waals surface area contributed by atoms with Gasteiger partial charge in [0.15, 0.2) is 0 Å². The van der Waals surface area contributed by atoms with Crippen LogP contribution < -0.4 is 4.74 Å². The molecular weight excluding hydrogens is 353 g/mol. The van der Waals surface area contributed by atoms with Crippen LogP contribution in [0.2, 0.25) is 0 Å². The van der Waals surface area contributed by atoms with E-state index in [0.717, 1.165) is 12.1 Å². The number of aliphatic hydroxyl groups is 1. The van der Waals surface area contributed by atoms with Crippen molar-refractivity contribution in [3.05, 3.63) is 54.9 Å². The summed E-state index contributed by atoms with van der Waals surface area (Å²) in [5.41, 5.74) is -1.21. The van der Waals surface area contributed by atoms with Crippen LogP contribution in [-0.2, 0) is 12.1 Å². The minimum Gasteiger partial charge on any atom is -0.406 e. The van der Waals surface area contributed by atoms with E-state index in [2.05, 4.69) is 25.0 Å². The Kier molecular flexibility index (Phi) is 4.64. The van der Waals surface area contributed by atoms with Gasteiger partial charge in [0.2, 0.25) is 0 Å². The Morgan fingerprint density at radius 2 is 1.77 bits per heavy atom. The molecule has 26 heavy (non-hydrogen) atoms. The summed E-state index contributed by atoms with van der Waals surface area (Å²) in [5, 5.41) is 23.4. The summed E-state index contributed by atoms with van der Waals surface area (Å²) in [6.07, 6.45) is 0.886. The third-order valence-corrected chi connectivity index (χ3v) is 3.93. The molecule has 1 N–H and O–H groups in total. The normalized spacial score (nSPS) is 15.4. The van der Waals surface area contributed by atoms with Crippen molar-refractivity contribution in [3.63, 3.8) is 0 Å². The van der Waals surface area contributed by atoms with Gasteiger partial charge in [-0.2, -0.15) is 20.1 Å². The molecule has 0 aliphatic heterocycles. The fourth-order valence-electron chi connectivity index (χ4n) is 2.59. The first-order valence-electron chi connectivity index (χ1n) is 7.55. The van der Waals surface area contributed by atoms with Gasteiger partial charge in [0, 0.05) is 0 Å². The van der Waals surface area contributed by atoms with Crippen LogP contribution in [0.25, 0.3) is 0 Å². The third-order valence-electron chi connectivity index (χ3n) is 3.93. The maximum absolute atomic E-state index is 12.3. The highest BCUT2D eigenvalue weighted by Gasteiger charge is 2.39. The summed E-state index contributed by atoms with van der Waals surface area (Å²) in [6.45, 7) is 1.69. The van der Waals surface area contributed by atoms with Crippen LogP contribution in [0.3, 0.4) is 0 Å². The molecule has 8 nitrogen and oxygen atoms in total. The smallest absolute Gasteiger partial charge is 0.406 e. The van der Waals surface area contributed by atoms with Gasteiger partial charge in [-0.05, 0) is 24.6 Å². The maximum atomic E-state index is 12.3. The Labute approximate surface area is 145 Å². The third kappa shape index (κ3) is 3.82. The lowest BCUT2D eigenvalue weighted by Crippen LogP contribution is -2.40. The predicted molar refractivity (Wildman–Crippen MR) is 81.8 cm³/mol. The molecule has 0 saturated heterocycles. The lowest BCUT2D eigenvalue weighted by atomic mass is 9.87. The molecule has 0 aliphatic rings. The van der Waals surface area contributed by atoms with E-state index in [0.29, 0.717) is 5.56 Å². The van der Waals surface area contributed by atoms with E-state index in [1.54, 1.807) is 6.92 Å². The zero-order chi connectivity index (χ0) is 18.8. The van der Waals surface area contributed by atoms with Gasteiger partial charge in [-0.15, -0.1) is 13.2 Å². The molecule has 0 amide bonds. The molecule has 2 atom stereocenters. The number of nitrogens with zero attached hydrogens (tertiary/aromatic N) is 6. The largest absolute Gasteiger partial charge is 0.573 e. The second kappa shape index (κ2) is 6.75. The van der Waals surface area contributed by atoms with E-state index < -0.39 is 18.0 Å². The summed E-state index contributed by atoms with van der Waals surface area (Å²) in [7, 11) is 0. The Hall–Kier alpha value is -2.95. The molecule has 0 saturated carbocycles. The quantitative estimate of drug-likeness (QED) is 0.715. The van der Waals surface area contributed by atoms with Crippen molar-refractivity contribution in [2.75, 3.05) is 0 Å². The number of benzene rings is 1. The van der Waals surface area contributed by atoms with Crippen LogP contribution in [0.1, 0.15) is 18.5 Å². The second-order valence-electron chi connectivity index (χ2n) is 5.61. The lowest BCUT2D eigenvalue weighted by molar-refractivity contribution is -0.274. The maximum Gasteiger partial charge on any atom is 0.573 e. The molecule has 0 radical (unpaired) electrons. The number of ether oxygens (including phenoxy) is 1. The highest BCUT2D eigenvalue weighted by Crippen LogP contribution is 2.35. The minimum absolute atomic E-state index is 0.00478. The predicted octanol–water partition coefficient (Wildman–Crippen LogP) is 1.92. The Bertz CT molecular complexity index is 820. The van der Waals surface area contributed by atoms with Crippen LogP contribution in [0.5, 0.6) is 5.75 Å². The van der Waals surface area contributed by atoms with Gasteiger partial charge in [0.05, 0.1) is 18.9 Å². The standard InChI is InChI=1S/C15H15F3N6O2/c1-11(24-20-6-7-21-24)14(25,8-23-10-19-9-22-23)12-2-4-13(5-3-12)26-15(16,17)18/h2-7,9-11,25H,8H2,1H3. The Morgan fingerprint density at radius 1 is 1.12 bits per heavy atom. The number of alkyl halides is 3. The molecule has 3 aromatic rings. The molecule has 1 aromatic carbocycles. The van der Waals surface area contributed by atoms with E-state index >= 15 is 0 Å². The molecular formula is C15H15F3N6O2. The molecule has 2 heterocycles. The number of hydrogen-bond donors (Lipinski definition) is 1. The average Bonchev–Trinajstić information content (AvgIpc) is 3.26. The minimum atomic E-state index is -4.79. The Balaban J connectivity index is 1.95. The first kappa shape index (κ1) is 17.9. The van der Waals surface area contributed by atoms with Crippen molar-refractivity contribution in [1.82, 2.24) is 29.8 Å². The van der Waals surface area contributed by atoms with Gasteiger partial charge in [0.25, 0.3) is 0 Å².